The third-order valence-corrected chi connectivity index (χ3v) is 3.53. The van der Waals surface area contributed by atoms with Crippen LogP contribution in [0.1, 0.15) is 29.8 Å². The van der Waals surface area contributed by atoms with E-state index in [1.807, 2.05) is 37.8 Å². The molecule has 1 aromatic rings. The maximum absolute atomic E-state index is 12.4. The number of hydrogen-bond acceptors (Lipinski definition) is 2. The number of nitrogens with zero attached hydrogens (tertiary/aromatic N) is 1. The highest BCUT2D eigenvalue weighted by Crippen LogP contribution is 2.19. The number of rotatable bonds is 1. The van der Waals surface area contributed by atoms with Crippen LogP contribution in [0.25, 0.3) is 0 Å². The fourth-order valence-electron chi connectivity index (χ4n) is 2.25. The molecule has 2 atom stereocenters. The van der Waals surface area contributed by atoms with E-state index in [0.29, 0.717) is 23.7 Å². The van der Waals surface area contributed by atoms with E-state index in [9.17, 15) is 4.79 Å². The number of morpholine rings is 1. The minimum absolute atomic E-state index is 0.0268. The molecule has 3 nitrogen and oxygen atoms in total. The molecule has 1 heterocycles. The Bertz CT molecular complexity index is 451. The van der Waals surface area contributed by atoms with E-state index < -0.39 is 0 Å². The van der Waals surface area contributed by atoms with Crippen LogP contribution in [0.5, 0.6) is 0 Å². The average Bonchev–Trinajstić information content (AvgIpc) is 2.30. The number of halogens is 1. The van der Waals surface area contributed by atoms with Gasteiger partial charge in [-0.2, -0.15) is 0 Å². The Morgan fingerprint density at radius 1 is 1.33 bits per heavy atom. The van der Waals surface area contributed by atoms with E-state index in [0.717, 1.165) is 5.56 Å². The van der Waals surface area contributed by atoms with Gasteiger partial charge in [-0.25, -0.2) is 0 Å². The number of carbonyl (C=O) groups excluding carboxylic acids is 1. The van der Waals surface area contributed by atoms with Crippen LogP contribution in [-0.2, 0) is 4.74 Å². The SMILES string of the molecule is Cc1ccc(C(=O)N2CC(C)OC(C)C2)cc1Cl. The van der Waals surface area contributed by atoms with Gasteiger partial charge in [-0.05, 0) is 38.5 Å². The molecule has 0 N–H and O–H groups in total. The summed E-state index contributed by atoms with van der Waals surface area (Å²) in [5.74, 6) is 0.0268. The molecule has 0 spiro atoms. The van der Waals surface area contributed by atoms with Gasteiger partial charge in [0.1, 0.15) is 0 Å². The number of benzene rings is 1. The van der Waals surface area contributed by atoms with Gasteiger partial charge in [-0.15, -0.1) is 0 Å². The zero-order valence-corrected chi connectivity index (χ0v) is 11.7. The van der Waals surface area contributed by atoms with Crippen LogP contribution in [0.4, 0.5) is 0 Å². The fourth-order valence-corrected chi connectivity index (χ4v) is 2.43. The molecule has 0 saturated carbocycles. The molecular weight excluding hydrogens is 250 g/mol. The van der Waals surface area contributed by atoms with Gasteiger partial charge < -0.3 is 9.64 Å². The minimum atomic E-state index is 0.0268. The second-order valence-electron chi connectivity index (χ2n) is 4.93. The molecule has 0 aromatic heterocycles. The lowest BCUT2D eigenvalue weighted by molar-refractivity contribution is -0.0586. The predicted octanol–water partition coefficient (Wildman–Crippen LogP) is 2.90. The summed E-state index contributed by atoms with van der Waals surface area (Å²) in [6.45, 7) is 7.16. The van der Waals surface area contributed by atoms with Crippen LogP contribution < -0.4 is 0 Å². The molecule has 1 aliphatic rings. The molecule has 98 valence electrons. The van der Waals surface area contributed by atoms with Gasteiger partial charge in [0.25, 0.3) is 5.91 Å². The van der Waals surface area contributed by atoms with Crippen molar-refractivity contribution in [1.29, 1.82) is 0 Å². The third kappa shape index (κ3) is 2.85. The molecule has 1 fully saturated rings. The molecule has 0 bridgehead atoms. The monoisotopic (exact) mass is 267 g/mol. The molecule has 4 heteroatoms. The third-order valence-electron chi connectivity index (χ3n) is 3.13. The summed E-state index contributed by atoms with van der Waals surface area (Å²) in [5, 5.41) is 0.634. The summed E-state index contributed by atoms with van der Waals surface area (Å²) >= 11 is 6.06. The maximum Gasteiger partial charge on any atom is 0.254 e. The molecule has 1 amide bonds. The van der Waals surface area contributed by atoms with E-state index in [4.69, 9.17) is 16.3 Å². The molecule has 2 rings (SSSR count). The van der Waals surface area contributed by atoms with E-state index in [2.05, 4.69) is 0 Å². The molecule has 2 unspecified atom stereocenters. The van der Waals surface area contributed by atoms with Gasteiger partial charge in [-0.1, -0.05) is 17.7 Å². The van der Waals surface area contributed by atoms with E-state index in [1.54, 1.807) is 6.07 Å². The standard InChI is InChI=1S/C14H18ClNO2/c1-9-4-5-12(6-13(9)15)14(17)16-7-10(2)18-11(3)8-16/h4-6,10-11H,7-8H2,1-3H3. The first-order valence-corrected chi connectivity index (χ1v) is 6.56. The number of amides is 1. The van der Waals surface area contributed by atoms with Crippen LogP contribution in [-0.4, -0.2) is 36.1 Å². The van der Waals surface area contributed by atoms with Crippen molar-refractivity contribution in [2.75, 3.05) is 13.1 Å². The lowest BCUT2D eigenvalue weighted by Crippen LogP contribution is -2.48. The topological polar surface area (TPSA) is 29.5 Å². The molecular formula is C14H18ClNO2. The van der Waals surface area contributed by atoms with E-state index in [1.165, 1.54) is 0 Å². The predicted molar refractivity (Wildman–Crippen MR) is 72.1 cm³/mol. The van der Waals surface area contributed by atoms with Crippen LogP contribution in [0.3, 0.4) is 0 Å². The van der Waals surface area contributed by atoms with Gasteiger partial charge in [-0.3, -0.25) is 4.79 Å². The molecule has 1 saturated heterocycles. The summed E-state index contributed by atoms with van der Waals surface area (Å²) in [5.41, 5.74) is 1.63. The van der Waals surface area contributed by atoms with Crippen molar-refractivity contribution < 1.29 is 9.53 Å². The van der Waals surface area contributed by atoms with Crippen LogP contribution >= 0.6 is 11.6 Å². The van der Waals surface area contributed by atoms with Crippen molar-refractivity contribution in [3.8, 4) is 0 Å². The second-order valence-corrected chi connectivity index (χ2v) is 5.34. The average molecular weight is 268 g/mol. The van der Waals surface area contributed by atoms with Crippen molar-refractivity contribution >= 4 is 17.5 Å². The summed E-state index contributed by atoms with van der Waals surface area (Å²) in [7, 11) is 0. The number of hydrogen-bond donors (Lipinski definition) is 0. The first-order valence-electron chi connectivity index (χ1n) is 6.18. The highest BCUT2D eigenvalue weighted by atomic mass is 35.5. The van der Waals surface area contributed by atoms with Crippen molar-refractivity contribution in [3.05, 3.63) is 34.3 Å². The Labute approximate surface area is 113 Å². The van der Waals surface area contributed by atoms with E-state index in [-0.39, 0.29) is 18.1 Å². The zero-order valence-electron chi connectivity index (χ0n) is 10.9. The number of aryl methyl sites for hydroxylation is 1. The minimum Gasteiger partial charge on any atom is -0.372 e. The molecule has 0 radical (unpaired) electrons. The molecule has 1 aromatic carbocycles. The van der Waals surface area contributed by atoms with Crippen LogP contribution in [0.2, 0.25) is 5.02 Å². The lowest BCUT2D eigenvalue weighted by atomic mass is 10.1. The molecule has 1 aliphatic heterocycles. The van der Waals surface area contributed by atoms with Gasteiger partial charge in [0.05, 0.1) is 12.2 Å². The van der Waals surface area contributed by atoms with Gasteiger partial charge in [0, 0.05) is 23.7 Å². The molecule has 18 heavy (non-hydrogen) atoms. The highest BCUT2D eigenvalue weighted by molar-refractivity contribution is 6.31. The summed E-state index contributed by atoms with van der Waals surface area (Å²) in [4.78, 5) is 14.2. The Balaban J connectivity index is 2.17. The number of ether oxygens (including phenoxy) is 1. The van der Waals surface area contributed by atoms with Crippen LogP contribution in [0, 0.1) is 6.92 Å². The number of carbonyl (C=O) groups is 1. The van der Waals surface area contributed by atoms with Gasteiger partial charge in [0.15, 0.2) is 0 Å². The smallest absolute Gasteiger partial charge is 0.254 e. The van der Waals surface area contributed by atoms with Crippen molar-refractivity contribution in [2.24, 2.45) is 0 Å². The van der Waals surface area contributed by atoms with Crippen molar-refractivity contribution in [3.63, 3.8) is 0 Å². The fraction of sp³-hybridized carbons (Fsp3) is 0.500. The highest BCUT2D eigenvalue weighted by Gasteiger charge is 2.26. The largest absolute Gasteiger partial charge is 0.372 e. The first-order chi connectivity index (χ1) is 8.47. The second kappa shape index (κ2) is 5.29. The summed E-state index contributed by atoms with van der Waals surface area (Å²) < 4.78 is 5.63. The van der Waals surface area contributed by atoms with Gasteiger partial charge >= 0.3 is 0 Å². The molecule has 0 aliphatic carbocycles. The Kier molecular flexibility index (Phi) is 3.93. The summed E-state index contributed by atoms with van der Waals surface area (Å²) in [6, 6.07) is 5.45. The van der Waals surface area contributed by atoms with E-state index >= 15 is 0 Å². The first kappa shape index (κ1) is 13.4. The summed E-state index contributed by atoms with van der Waals surface area (Å²) in [6.07, 6.45) is 0.164. The Hall–Kier alpha value is -1.06. The lowest BCUT2D eigenvalue weighted by Gasteiger charge is -2.35. The maximum atomic E-state index is 12.4. The Morgan fingerprint density at radius 3 is 2.50 bits per heavy atom. The normalized spacial score (nSPS) is 24.1. The zero-order chi connectivity index (χ0) is 13.3. The van der Waals surface area contributed by atoms with Crippen molar-refractivity contribution in [2.45, 2.75) is 33.0 Å². The quantitative estimate of drug-likeness (QED) is 0.783. The Morgan fingerprint density at radius 2 is 1.94 bits per heavy atom. The van der Waals surface area contributed by atoms with Crippen molar-refractivity contribution in [1.82, 2.24) is 4.90 Å². The van der Waals surface area contributed by atoms with Gasteiger partial charge in [0.2, 0.25) is 0 Å². The van der Waals surface area contributed by atoms with Crippen LogP contribution in [0.15, 0.2) is 18.2 Å².